The number of ether oxygens (including phenoxy) is 2. The zero-order chi connectivity index (χ0) is 17.1. The van der Waals surface area contributed by atoms with Gasteiger partial charge in [0.2, 0.25) is 0 Å². The zero-order valence-corrected chi connectivity index (χ0v) is 12.7. The van der Waals surface area contributed by atoms with Crippen molar-refractivity contribution in [2.75, 3.05) is 7.11 Å². The summed E-state index contributed by atoms with van der Waals surface area (Å²) in [5, 5.41) is 11.5. The molecule has 0 aliphatic heterocycles. The van der Waals surface area contributed by atoms with Crippen LogP contribution in [0.3, 0.4) is 0 Å². The molecule has 0 radical (unpaired) electrons. The van der Waals surface area contributed by atoms with E-state index < -0.39 is 10.5 Å². The highest BCUT2D eigenvalue weighted by Gasteiger charge is 2.10. The Morgan fingerprint density at radius 1 is 1.12 bits per heavy atom. The molecule has 0 aliphatic rings. The molecule has 7 heteroatoms. The molecule has 1 aromatic heterocycles. The van der Waals surface area contributed by atoms with Crippen LogP contribution in [0.2, 0.25) is 0 Å². The van der Waals surface area contributed by atoms with E-state index in [2.05, 4.69) is 0 Å². The van der Waals surface area contributed by atoms with E-state index in [1.807, 2.05) is 0 Å². The van der Waals surface area contributed by atoms with Crippen LogP contribution in [0.15, 0.2) is 57.7 Å². The maximum atomic E-state index is 11.7. The van der Waals surface area contributed by atoms with Crippen LogP contribution in [0.25, 0.3) is 11.0 Å². The minimum absolute atomic E-state index is 0.0605. The van der Waals surface area contributed by atoms with Crippen LogP contribution >= 0.6 is 0 Å². The first-order valence-corrected chi connectivity index (χ1v) is 7.05. The van der Waals surface area contributed by atoms with Crippen LogP contribution in [0.5, 0.6) is 11.5 Å². The van der Waals surface area contributed by atoms with Crippen molar-refractivity contribution in [2.45, 2.75) is 6.61 Å². The molecule has 0 unspecified atom stereocenters. The third-order valence-corrected chi connectivity index (χ3v) is 3.46. The first kappa shape index (κ1) is 15.5. The third kappa shape index (κ3) is 3.19. The summed E-state index contributed by atoms with van der Waals surface area (Å²) < 4.78 is 15.9. The van der Waals surface area contributed by atoms with Crippen LogP contribution in [-0.2, 0) is 6.61 Å². The van der Waals surface area contributed by atoms with Crippen molar-refractivity contribution < 1.29 is 18.8 Å². The summed E-state index contributed by atoms with van der Waals surface area (Å²) in [6, 6.07) is 12.3. The minimum Gasteiger partial charge on any atom is -0.497 e. The van der Waals surface area contributed by atoms with Gasteiger partial charge in [-0.15, -0.1) is 0 Å². The van der Waals surface area contributed by atoms with Gasteiger partial charge in [0.1, 0.15) is 23.7 Å². The molecule has 7 nitrogen and oxygen atoms in total. The van der Waals surface area contributed by atoms with Crippen molar-refractivity contribution in [1.29, 1.82) is 0 Å². The Morgan fingerprint density at radius 2 is 1.96 bits per heavy atom. The number of rotatable bonds is 5. The van der Waals surface area contributed by atoms with Crippen LogP contribution in [-0.4, -0.2) is 12.0 Å². The molecule has 0 amide bonds. The number of nitrogens with zero attached hydrogens (tertiary/aromatic N) is 1. The molecule has 122 valence electrons. The Balaban J connectivity index is 1.91. The van der Waals surface area contributed by atoms with Crippen molar-refractivity contribution in [3.63, 3.8) is 0 Å². The molecule has 24 heavy (non-hydrogen) atoms. The molecular weight excluding hydrogens is 314 g/mol. The molecule has 0 aliphatic carbocycles. The first-order chi connectivity index (χ1) is 11.6. The SMILES string of the molecule is COc1ccc2c(COc3cccc([N+](=O)[O-])c3)cc(=O)oc2c1. The fourth-order valence-corrected chi connectivity index (χ4v) is 2.30. The Kier molecular flexibility index (Phi) is 4.15. The van der Waals surface area contributed by atoms with Gasteiger partial charge in [-0.1, -0.05) is 6.07 Å². The van der Waals surface area contributed by atoms with Crippen molar-refractivity contribution in [1.82, 2.24) is 0 Å². The van der Waals surface area contributed by atoms with Gasteiger partial charge in [-0.25, -0.2) is 4.79 Å². The van der Waals surface area contributed by atoms with Gasteiger partial charge in [0.25, 0.3) is 5.69 Å². The summed E-state index contributed by atoms with van der Waals surface area (Å²) in [5.74, 6) is 0.918. The summed E-state index contributed by atoms with van der Waals surface area (Å²) in [5.41, 5.74) is 0.443. The molecule has 0 bridgehead atoms. The largest absolute Gasteiger partial charge is 0.497 e. The number of methoxy groups -OCH3 is 1. The monoisotopic (exact) mass is 327 g/mol. The molecule has 0 fully saturated rings. The first-order valence-electron chi connectivity index (χ1n) is 7.05. The highest BCUT2D eigenvalue weighted by Crippen LogP contribution is 2.24. The van der Waals surface area contributed by atoms with Gasteiger partial charge < -0.3 is 13.9 Å². The van der Waals surface area contributed by atoms with E-state index in [0.29, 0.717) is 28.0 Å². The van der Waals surface area contributed by atoms with Gasteiger partial charge in [-0.2, -0.15) is 0 Å². The minimum atomic E-state index is -0.506. The molecule has 0 saturated heterocycles. The summed E-state index contributed by atoms with van der Waals surface area (Å²) in [7, 11) is 1.52. The van der Waals surface area contributed by atoms with Crippen LogP contribution in [0, 0.1) is 10.1 Å². The van der Waals surface area contributed by atoms with E-state index in [9.17, 15) is 14.9 Å². The van der Waals surface area contributed by atoms with Crippen molar-refractivity contribution in [3.05, 3.63) is 74.6 Å². The van der Waals surface area contributed by atoms with E-state index in [1.54, 1.807) is 24.3 Å². The molecule has 3 rings (SSSR count). The number of non-ortho nitro benzene ring substituents is 1. The van der Waals surface area contributed by atoms with Gasteiger partial charge in [-0.3, -0.25) is 10.1 Å². The van der Waals surface area contributed by atoms with Crippen LogP contribution < -0.4 is 15.1 Å². The standard InChI is InChI=1S/C17H13NO6/c1-22-13-5-6-15-11(7-17(19)24-16(15)9-13)10-23-14-4-2-3-12(8-14)18(20)21/h2-9H,10H2,1H3. The number of nitro groups is 1. The number of fused-ring (bicyclic) bond motifs is 1. The molecule has 0 saturated carbocycles. The van der Waals surface area contributed by atoms with Gasteiger partial charge >= 0.3 is 5.63 Å². The lowest BCUT2D eigenvalue weighted by Gasteiger charge is -2.09. The Hall–Kier alpha value is -3.35. The lowest BCUT2D eigenvalue weighted by Crippen LogP contribution is -2.04. The second kappa shape index (κ2) is 6.41. The summed E-state index contributed by atoms with van der Waals surface area (Å²) in [6.45, 7) is 0.0790. The second-order valence-corrected chi connectivity index (χ2v) is 5.00. The predicted octanol–water partition coefficient (Wildman–Crippen LogP) is 3.29. The summed E-state index contributed by atoms with van der Waals surface area (Å²) in [6.07, 6.45) is 0. The van der Waals surface area contributed by atoms with Gasteiger partial charge in [0.05, 0.1) is 18.1 Å². The molecule has 2 aromatic carbocycles. The molecule has 0 atom stereocenters. The molecule has 0 N–H and O–H groups in total. The molecule has 1 heterocycles. The van der Waals surface area contributed by atoms with E-state index >= 15 is 0 Å². The van der Waals surface area contributed by atoms with Crippen LogP contribution in [0.4, 0.5) is 5.69 Å². The highest BCUT2D eigenvalue weighted by atomic mass is 16.6. The summed E-state index contributed by atoms with van der Waals surface area (Å²) in [4.78, 5) is 22.0. The molecule has 0 spiro atoms. The normalized spacial score (nSPS) is 10.5. The lowest BCUT2D eigenvalue weighted by molar-refractivity contribution is -0.384. The van der Waals surface area contributed by atoms with Crippen molar-refractivity contribution in [3.8, 4) is 11.5 Å². The highest BCUT2D eigenvalue weighted by molar-refractivity contribution is 5.81. The number of hydrogen-bond acceptors (Lipinski definition) is 6. The topological polar surface area (TPSA) is 91.8 Å². The predicted molar refractivity (Wildman–Crippen MR) is 86.5 cm³/mol. The van der Waals surface area contributed by atoms with Gasteiger partial charge in [0, 0.05) is 29.1 Å². The number of hydrogen-bond donors (Lipinski definition) is 0. The molecule has 3 aromatic rings. The fourth-order valence-electron chi connectivity index (χ4n) is 2.30. The van der Waals surface area contributed by atoms with Crippen molar-refractivity contribution >= 4 is 16.7 Å². The fraction of sp³-hybridized carbons (Fsp3) is 0.118. The smallest absolute Gasteiger partial charge is 0.336 e. The maximum absolute atomic E-state index is 11.7. The Morgan fingerprint density at radius 3 is 2.71 bits per heavy atom. The summed E-state index contributed by atoms with van der Waals surface area (Å²) >= 11 is 0. The van der Waals surface area contributed by atoms with E-state index in [1.165, 1.54) is 31.4 Å². The van der Waals surface area contributed by atoms with Crippen LogP contribution in [0.1, 0.15) is 5.56 Å². The average molecular weight is 327 g/mol. The van der Waals surface area contributed by atoms with E-state index in [-0.39, 0.29) is 12.3 Å². The van der Waals surface area contributed by atoms with Gasteiger partial charge in [-0.05, 0) is 18.2 Å². The maximum Gasteiger partial charge on any atom is 0.336 e. The Labute approximate surface area is 136 Å². The zero-order valence-electron chi connectivity index (χ0n) is 12.7. The van der Waals surface area contributed by atoms with E-state index in [0.717, 1.165) is 0 Å². The number of nitro benzene ring substituents is 1. The third-order valence-electron chi connectivity index (χ3n) is 3.46. The van der Waals surface area contributed by atoms with E-state index in [4.69, 9.17) is 13.9 Å². The quantitative estimate of drug-likeness (QED) is 0.405. The second-order valence-electron chi connectivity index (χ2n) is 5.00. The molecular formula is C17H13NO6. The van der Waals surface area contributed by atoms with Crippen molar-refractivity contribution in [2.24, 2.45) is 0 Å². The number of benzene rings is 2. The average Bonchev–Trinajstić information content (AvgIpc) is 2.59. The lowest BCUT2D eigenvalue weighted by atomic mass is 10.1. The Bertz CT molecular complexity index is 963. The van der Waals surface area contributed by atoms with Gasteiger partial charge in [0.15, 0.2) is 0 Å².